The van der Waals surface area contributed by atoms with Crippen molar-refractivity contribution in [2.75, 3.05) is 13.2 Å². The molecule has 0 aromatic carbocycles. The Kier molecular flexibility index (Phi) is 8.22. The quantitative estimate of drug-likeness (QED) is 0.685. The molecule has 0 aromatic rings. The summed E-state index contributed by atoms with van der Waals surface area (Å²) in [7, 11) is -2.45. The molecule has 7 heteroatoms. The maximum absolute atomic E-state index is 11.8. The van der Waals surface area contributed by atoms with Crippen LogP contribution in [0.2, 0.25) is 24.7 Å². The largest absolute Gasteiger partial charge is 0.417 e. The van der Waals surface area contributed by atoms with Gasteiger partial charge in [-0.15, -0.1) is 6.58 Å². The summed E-state index contributed by atoms with van der Waals surface area (Å²) >= 11 is 0. The highest BCUT2D eigenvalue weighted by atomic mass is 28.4. The van der Waals surface area contributed by atoms with Crippen molar-refractivity contribution >= 4 is 17.4 Å². The van der Waals surface area contributed by atoms with Crippen molar-refractivity contribution in [3.63, 3.8) is 0 Å². The minimum absolute atomic E-state index is 0.230. The van der Waals surface area contributed by atoms with Crippen molar-refractivity contribution in [3.05, 3.63) is 12.3 Å². The van der Waals surface area contributed by atoms with E-state index in [1.54, 1.807) is 0 Å². The van der Waals surface area contributed by atoms with Crippen molar-refractivity contribution in [2.24, 2.45) is 0 Å². The predicted octanol–water partition coefficient (Wildman–Crippen LogP) is 4.84. The summed E-state index contributed by atoms with van der Waals surface area (Å²) in [6, 6.07) is 2.39. The number of rotatable bonds is 3. The molecule has 0 spiro atoms. The fourth-order valence-corrected chi connectivity index (χ4v) is 6.52. The molecule has 0 aliphatic carbocycles. The second-order valence-electron chi connectivity index (χ2n) is 5.78. The molecule has 2 rings (SSSR count). The van der Waals surface area contributed by atoms with Crippen LogP contribution in [0.1, 0.15) is 32.1 Å². The number of halogens is 3. The Morgan fingerprint density at radius 2 is 1.90 bits per heavy atom. The summed E-state index contributed by atoms with van der Waals surface area (Å²) in [5.41, 5.74) is 2.05. The van der Waals surface area contributed by atoms with E-state index < -0.39 is 30.0 Å². The van der Waals surface area contributed by atoms with E-state index in [9.17, 15) is 13.2 Å². The summed E-state index contributed by atoms with van der Waals surface area (Å²) in [5, 5.41) is 0. The van der Waals surface area contributed by atoms with Gasteiger partial charge in [0, 0.05) is 19.6 Å². The Morgan fingerprint density at radius 1 is 1.19 bits per heavy atom. The first kappa shape index (κ1) is 18.9. The van der Waals surface area contributed by atoms with Gasteiger partial charge in [-0.3, -0.25) is 0 Å². The van der Waals surface area contributed by atoms with Crippen LogP contribution in [0, 0.1) is 0 Å². The number of hydrogen-bond acceptors (Lipinski definition) is 2. The highest BCUT2D eigenvalue weighted by molar-refractivity contribution is 6.77. The van der Waals surface area contributed by atoms with E-state index in [1.807, 2.05) is 5.70 Å². The van der Waals surface area contributed by atoms with Crippen LogP contribution >= 0.6 is 0 Å². The molecule has 0 amide bonds. The van der Waals surface area contributed by atoms with Gasteiger partial charge in [-0.05, 0) is 37.5 Å². The minimum atomic E-state index is -4.00. The summed E-state index contributed by atoms with van der Waals surface area (Å²) in [6.07, 6.45) is -0.0166. The van der Waals surface area contributed by atoms with Gasteiger partial charge in [-0.1, -0.05) is 18.5 Å². The second kappa shape index (κ2) is 9.12. The minimum Gasteiger partial charge on any atom is -0.417 e. The van der Waals surface area contributed by atoms with Gasteiger partial charge in [0.05, 0.1) is 0 Å². The van der Waals surface area contributed by atoms with Crippen LogP contribution in [-0.2, 0) is 8.85 Å². The van der Waals surface area contributed by atoms with Crippen LogP contribution in [0.5, 0.6) is 0 Å². The fourth-order valence-electron chi connectivity index (χ4n) is 2.31. The lowest BCUT2D eigenvalue weighted by Gasteiger charge is -2.27. The van der Waals surface area contributed by atoms with Crippen LogP contribution in [-0.4, -0.2) is 36.7 Å². The summed E-state index contributed by atoms with van der Waals surface area (Å²) < 4.78 is 46.2. The van der Waals surface area contributed by atoms with Crippen LogP contribution in [0.25, 0.3) is 0 Å². The average Bonchev–Trinajstić information content (AvgIpc) is 2.47. The SMILES string of the molecule is C=C[Si]1(C)CCCCO1.FC(F)(F)CC[Si]1CCCCO1. The smallest absolute Gasteiger partial charge is 0.388 e. The molecule has 2 saturated heterocycles. The van der Waals surface area contributed by atoms with Gasteiger partial charge in [0.1, 0.15) is 0 Å². The molecule has 0 saturated carbocycles. The molecular formula is C14H26F3O2Si2. The van der Waals surface area contributed by atoms with Crippen molar-refractivity contribution in [2.45, 2.75) is 63.0 Å². The molecule has 2 nitrogen and oxygen atoms in total. The molecule has 1 radical (unpaired) electrons. The summed E-state index contributed by atoms with van der Waals surface area (Å²) in [5.74, 6) is 0. The van der Waals surface area contributed by atoms with Crippen molar-refractivity contribution in [1.29, 1.82) is 0 Å². The lowest BCUT2D eigenvalue weighted by atomic mass is 10.4. The van der Waals surface area contributed by atoms with Crippen molar-refractivity contribution in [1.82, 2.24) is 0 Å². The summed E-state index contributed by atoms with van der Waals surface area (Å²) in [6.45, 7) is 7.67. The lowest BCUT2D eigenvalue weighted by molar-refractivity contribution is -0.131. The van der Waals surface area contributed by atoms with E-state index in [4.69, 9.17) is 8.85 Å². The molecule has 2 aliphatic rings. The third-order valence-electron chi connectivity index (χ3n) is 3.77. The summed E-state index contributed by atoms with van der Waals surface area (Å²) in [4.78, 5) is 0. The van der Waals surface area contributed by atoms with Gasteiger partial charge in [-0.2, -0.15) is 13.2 Å². The molecule has 2 aliphatic heterocycles. The molecule has 2 fully saturated rings. The van der Waals surface area contributed by atoms with E-state index in [1.165, 1.54) is 18.9 Å². The van der Waals surface area contributed by atoms with Crippen LogP contribution < -0.4 is 0 Å². The van der Waals surface area contributed by atoms with Gasteiger partial charge in [0.15, 0.2) is 0 Å². The lowest BCUT2D eigenvalue weighted by Crippen LogP contribution is -2.35. The molecule has 0 aromatic heterocycles. The topological polar surface area (TPSA) is 18.5 Å². The van der Waals surface area contributed by atoms with E-state index in [0.717, 1.165) is 25.5 Å². The van der Waals surface area contributed by atoms with Gasteiger partial charge < -0.3 is 8.85 Å². The molecule has 2 heterocycles. The highest BCUT2D eigenvalue weighted by Gasteiger charge is 2.30. The van der Waals surface area contributed by atoms with E-state index in [-0.39, 0.29) is 6.04 Å². The standard InChI is InChI=1S/C7H12F3OSi.C7H14OSi/c8-7(9,10)3-6-12-5-2-1-4-11-12;1-3-9(2)7-5-4-6-8-9/h1-6H2;3H,1,4-7H2,2H3. The monoisotopic (exact) mass is 339 g/mol. The zero-order valence-electron chi connectivity index (χ0n) is 12.8. The molecule has 21 heavy (non-hydrogen) atoms. The predicted molar refractivity (Wildman–Crippen MR) is 83.0 cm³/mol. The Morgan fingerprint density at radius 3 is 2.33 bits per heavy atom. The Bertz CT molecular complexity index is 299. The maximum Gasteiger partial charge on any atom is 0.388 e. The number of alkyl halides is 3. The third-order valence-corrected chi connectivity index (χ3v) is 9.18. The van der Waals surface area contributed by atoms with Crippen LogP contribution in [0.4, 0.5) is 13.2 Å². The number of hydrogen-bond donors (Lipinski definition) is 0. The highest BCUT2D eigenvalue weighted by Crippen LogP contribution is 2.25. The van der Waals surface area contributed by atoms with E-state index in [2.05, 4.69) is 13.1 Å². The molecule has 123 valence electrons. The first-order valence-corrected chi connectivity index (χ1v) is 12.2. The van der Waals surface area contributed by atoms with Crippen molar-refractivity contribution < 1.29 is 22.0 Å². The van der Waals surface area contributed by atoms with E-state index >= 15 is 0 Å². The molecular weight excluding hydrogens is 313 g/mol. The first-order chi connectivity index (χ1) is 9.85. The fraction of sp³-hybridized carbons (Fsp3) is 0.857. The zero-order chi connectivity index (χ0) is 15.8. The Hall–Kier alpha value is -0.116. The van der Waals surface area contributed by atoms with E-state index in [0.29, 0.717) is 6.61 Å². The maximum atomic E-state index is 11.8. The van der Waals surface area contributed by atoms with Crippen LogP contribution in [0.15, 0.2) is 12.3 Å². The second-order valence-corrected chi connectivity index (χ2v) is 12.0. The zero-order valence-corrected chi connectivity index (χ0v) is 14.8. The van der Waals surface area contributed by atoms with Gasteiger partial charge in [0.2, 0.25) is 17.4 Å². The first-order valence-electron chi connectivity index (χ1n) is 7.66. The van der Waals surface area contributed by atoms with Gasteiger partial charge >= 0.3 is 6.18 Å². The van der Waals surface area contributed by atoms with Gasteiger partial charge in [-0.25, -0.2) is 0 Å². The normalized spacial score (nSPS) is 27.6. The molecule has 1 unspecified atom stereocenters. The Labute approximate surface area is 128 Å². The molecule has 1 atom stereocenters. The molecule has 0 bridgehead atoms. The molecule has 0 N–H and O–H groups in total. The van der Waals surface area contributed by atoms with Gasteiger partial charge in [0.25, 0.3) is 0 Å². The van der Waals surface area contributed by atoms with Crippen LogP contribution in [0.3, 0.4) is 0 Å². The Balaban J connectivity index is 0.000000219. The third kappa shape index (κ3) is 8.80. The van der Waals surface area contributed by atoms with Crippen molar-refractivity contribution in [3.8, 4) is 0 Å². The average molecular weight is 340 g/mol.